The zero-order valence-electron chi connectivity index (χ0n) is 9.00. The molecule has 5 atom stereocenters. The third kappa shape index (κ3) is 1.66. The summed E-state index contributed by atoms with van der Waals surface area (Å²) in [6.07, 6.45) is 2.09. The van der Waals surface area contributed by atoms with Gasteiger partial charge in [0.1, 0.15) is 0 Å². The summed E-state index contributed by atoms with van der Waals surface area (Å²) in [5.41, 5.74) is 0. The average molecular weight is 170 g/mol. The summed E-state index contributed by atoms with van der Waals surface area (Å²) in [6, 6.07) is 0. The van der Waals surface area contributed by atoms with Gasteiger partial charge in [-0.25, -0.2) is 0 Å². The summed E-state index contributed by atoms with van der Waals surface area (Å²) in [6.45, 7) is 11.4. The van der Waals surface area contributed by atoms with Crippen LogP contribution in [0.5, 0.6) is 0 Å². The molecule has 0 aliphatic carbocycles. The third-order valence-electron chi connectivity index (χ3n) is 3.78. The first-order valence-electron chi connectivity index (χ1n) is 5.23. The Kier molecular flexibility index (Phi) is 3.16. The Morgan fingerprint density at radius 3 is 2.00 bits per heavy atom. The van der Waals surface area contributed by atoms with Gasteiger partial charge < -0.3 is 4.74 Å². The predicted molar refractivity (Wildman–Crippen MR) is 52.1 cm³/mol. The van der Waals surface area contributed by atoms with Crippen molar-refractivity contribution in [2.24, 2.45) is 17.8 Å². The van der Waals surface area contributed by atoms with E-state index in [-0.39, 0.29) is 0 Å². The number of ether oxygens (including phenoxy) is 1. The molecule has 0 N–H and O–H groups in total. The van der Waals surface area contributed by atoms with Crippen molar-refractivity contribution in [2.75, 3.05) is 0 Å². The van der Waals surface area contributed by atoms with E-state index in [9.17, 15) is 0 Å². The third-order valence-corrected chi connectivity index (χ3v) is 3.78. The van der Waals surface area contributed by atoms with Crippen LogP contribution in [0.1, 0.15) is 41.0 Å². The molecule has 12 heavy (non-hydrogen) atoms. The van der Waals surface area contributed by atoms with Crippen LogP contribution in [0, 0.1) is 17.8 Å². The zero-order chi connectivity index (χ0) is 9.30. The van der Waals surface area contributed by atoms with Crippen LogP contribution in [0.25, 0.3) is 0 Å². The Morgan fingerprint density at radius 2 is 1.50 bits per heavy atom. The van der Waals surface area contributed by atoms with Crippen molar-refractivity contribution >= 4 is 0 Å². The van der Waals surface area contributed by atoms with Gasteiger partial charge in [-0.15, -0.1) is 0 Å². The zero-order valence-corrected chi connectivity index (χ0v) is 9.00. The molecule has 0 radical (unpaired) electrons. The summed E-state index contributed by atoms with van der Waals surface area (Å²) in [5, 5.41) is 0. The van der Waals surface area contributed by atoms with Crippen LogP contribution in [-0.4, -0.2) is 12.2 Å². The maximum Gasteiger partial charge on any atom is 0.0604 e. The van der Waals surface area contributed by atoms with Gasteiger partial charge in [0.05, 0.1) is 12.2 Å². The van der Waals surface area contributed by atoms with Crippen LogP contribution in [0.4, 0.5) is 0 Å². The van der Waals surface area contributed by atoms with Gasteiger partial charge in [-0.05, 0) is 31.1 Å². The maximum atomic E-state index is 5.93. The minimum absolute atomic E-state index is 0.446. The smallest absolute Gasteiger partial charge is 0.0604 e. The monoisotopic (exact) mass is 170 g/mol. The molecule has 1 heterocycles. The van der Waals surface area contributed by atoms with Crippen LogP contribution in [0.15, 0.2) is 0 Å². The average Bonchev–Trinajstić information content (AvgIpc) is 2.08. The molecule has 1 rings (SSSR count). The molecule has 0 spiro atoms. The van der Waals surface area contributed by atoms with Crippen LogP contribution in [0.3, 0.4) is 0 Å². The Bertz CT molecular complexity index is 139. The molecule has 1 fully saturated rings. The van der Waals surface area contributed by atoms with E-state index in [1.54, 1.807) is 0 Å². The molecule has 1 aliphatic heterocycles. The van der Waals surface area contributed by atoms with Crippen molar-refractivity contribution in [1.82, 2.24) is 0 Å². The van der Waals surface area contributed by atoms with E-state index in [2.05, 4.69) is 34.6 Å². The second-order valence-corrected chi connectivity index (χ2v) is 4.37. The summed E-state index contributed by atoms with van der Waals surface area (Å²) in [5.74, 6) is 2.24. The van der Waals surface area contributed by atoms with Crippen molar-refractivity contribution in [2.45, 2.75) is 53.2 Å². The fourth-order valence-corrected chi connectivity index (χ4v) is 2.24. The topological polar surface area (TPSA) is 9.23 Å². The molecule has 0 aromatic heterocycles. The molecular weight excluding hydrogens is 148 g/mol. The number of rotatable bonds is 1. The van der Waals surface area contributed by atoms with Crippen molar-refractivity contribution in [1.29, 1.82) is 0 Å². The normalized spacial score (nSPS) is 49.2. The minimum Gasteiger partial charge on any atom is -0.375 e. The van der Waals surface area contributed by atoms with Gasteiger partial charge in [-0.2, -0.15) is 0 Å². The lowest BCUT2D eigenvalue weighted by Crippen LogP contribution is -2.42. The van der Waals surface area contributed by atoms with Gasteiger partial charge in [0.2, 0.25) is 0 Å². The number of hydrogen-bond donors (Lipinski definition) is 0. The minimum atomic E-state index is 0.446. The van der Waals surface area contributed by atoms with E-state index in [4.69, 9.17) is 4.74 Å². The molecule has 1 aliphatic rings. The summed E-state index contributed by atoms with van der Waals surface area (Å²) >= 11 is 0. The fraction of sp³-hybridized carbons (Fsp3) is 1.00. The van der Waals surface area contributed by atoms with Crippen molar-refractivity contribution < 1.29 is 4.74 Å². The van der Waals surface area contributed by atoms with E-state index in [0.29, 0.717) is 18.1 Å². The highest BCUT2D eigenvalue weighted by molar-refractivity contribution is 4.83. The van der Waals surface area contributed by atoms with Gasteiger partial charge in [-0.3, -0.25) is 0 Å². The van der Waals surface area contributed by atoms with E-state index >= 15 is 0 Å². The molecule has 0 aromatic carbocycles. The molecular formula is C11H22O. The first kappa shape index (κ1) is 10.0. The lowest BCUT2D eigenvalue weighted by atomic mass is 9.76. The Labute approximate surface area is 76.5 Å². The van der Waals surface area contributed by atoms with Crippen molar-refractivity contribution in [3.05, 3.63) is 0 Å². The second-order valence-electron chi connectivity index (χ2n) is 4.37. The standard InChI is InChI=1S/C11H22O/c1-6-11-9(4)7(2)8(3)10(5)12-11/h7-11H,6H2,1-5H3/t7?,8-,9+,10?,11?/m0/s1. The second kappa shape index (κ2) is 3.78. The Hall–Kier alpha value is -0.0400. The molecule has 0 amide bonds. The first-order chi connectivity index (χ1) is 5.57. The fourth-order valence-electron chi connectivity index (χ4n) is 2.24. The van der Waals surface area contributed by atoms with Crippen LogP contribution in [-0.2, 0) is 4.74 Å². The van der Waals surface area contributed by atoms with E-state index in [1.807, 2.05) is 0 Å². The highest BCUT2D eigenvalue weighted by Gasteiger charge is 2.35. The summed E-state index contributed by atoms with van der Waals surface area (Å²) < 4.78 is 5.93. The molecule has 0 saturated carbocycles. The van der Waals surface area contributed by atoms with E-state index in [0.717, 1.165) is 18.3 Å². The first-order valence-corrected chi connectivity index (χ1v) is 5.23. The maximum absolute atomic E-state index is 5.93. The Balaban J connectivity index is 2.63. The summed E-state index contributed by atoms with van der Waals surface area (Å²) in [7, 11) is 0. The van der Waals surface area contributed by atoms with Gasteiger partial charge >= 0.3 is 0 Å². The molecule has 1 heteroatoms. The lowest BCUT2D eigenvalue weighted by molar-refractivity contribution is -0.125. The van der Waals surface area contributed by atoms with Crippen molar-refractivity contribution in [3.8, 4) is 0 Å². The van der Waals surface area contributed by atoms with Gasteiger partial charge in [0, 0.05) is 0 Å². The van der Waals surface area contributed by atoms with Gasteiger partial charge in [0.15, 0.2) is 0 Å². The van der Waals surface area contributed by atoms with Gasteiger partial charge in [-0.1, -0.05) is 27.7 Å². The molecule has 72 valence electrons. The van der Waals surface area contributed by atoms with E-state index in [1.165, 1.54) is 0 Å². The van der Waals surface area contributed by atoms with Crippen LogP contribution >= 0.6 is 0 Å². The summed E-state index contributed by atoms with van der Waals surface area (Å²) in [4.78, 5) is 0. The van der Waals surface area contributed by atoms with Gasteiger partial charge in [0.25, 0.3) is 0 Å². The molecule has 1 saturated heterocycles. The molecule has 0 bridgehead atoms. The van der Waals surface area contributed by atoms with Crippen LogP contribution in [0.2, 0.25) is 0 Å². The van der Waals surface area contributed by atoms with Crippen LogP contribution < -0.4 is 0 Å². The van der Waals surface area contributed by atoms with E-state index < -0.39 is 0 Å². The Morgan fingerprint density at radius 1 is 0.917 bits per heavy atom. The van der Waals surface area contributed by atoms with Crippen molar-refractivity contribution in [3.63, 3.8) is 0 Å². The molecule has 3 unspecified atom stereocenters. The highest BCUT2D eigenvalue weighted by Crippen LogP contribution is 2.35. The molecule has 1 nitrogen and oxygen atoms in total. The highest BCUT2D eigenvalue weighted by atomic mass is 16.5. The quantitative estimate of drug-likeness (QED) is 0.587. The molecule has 0 aromatic rings. The largest absolute Gasteiger partial charge is 0.375 e. The number of hydrogen-bond acceptors (Lipinski definition) is 1. The predicted octanol–water partition coefficient (Wildman–Crippen LogP) is 3.09. The SMILES string of the molecule is CCC1OC(C)[C@@H](C)C(C)[C@H]1C. The lowest BCUT2D eigenvalue weighted by Gasteiger charge is -2.42.